The number of hydrogen-bond acceptors (Lipinski definition) is 1. The Hall–Kier alpha value is -5.66. The zero-order valence-electron chi connectivity index (χ0n) is 23.4. The van der Waals surface area contributed by atoms with E-state index >= 15 is 0 Å². The van der Waals surface area contributed by atoms with E-state index in [-0.39, 0.29) is 0 Å². The van der Waals surface area contributed by atoms with Crippen LogP contribution in [0.3, 0.4) is 0 Å². The molecule has 0 aliphatic carbocycles. The Morgan fingerprint density at radius 3 is 1.88 bits per heavy atom. The lowest BCUT2D eigenvalue weighted by Crippen LogP contribution is -2.01. The summed E-state index contributed by atoms with van der Waals surface area (Å²) in [6.45, 7) is 0. The molecular formula is C42H26O. The maximum absolute atomic E-state index is 6.78. The summed E-state index contributed by atoms with van der Waals surface area (Å²) in [5.74, 6) is 1.79. The van der Waals surface area contributed by atoms with E-state index in [0.29, 0.717) is 0 Å². The fraction of sp³-hybridized carbons (Fsp3) is 0. The molecule has 8 aromatic carbocycles. The summed E-state index contributed by atoms with van der Waals surface area (Å²) in [7, 11) is 0. The molecule has 1 heteroatoms. The Labute approximate surface area is 250 Å². The quantitative estimate of drug-likeness (QED) is 0.200. The Morgan fingerprint density at radius 2 is 1.02 bits per heavy atom. The fourth-order valence-electron chi connectivity index (χ4n) is 6.90. The molecular weight excluding hydrogens is 520 g/mol. The van der Waals surface area contributed by atoms with Crippen LogP contribution in [-0.4, -0.2) is 0 Å². The second-order valence-electron chi connectivity index (χ2n) is 11.3. The van der Waals surface area contributed by atoms with Crippen LogP contribution < -0.4 is 4.74 Å². The summed E-state index contributed by atoms with van der Waals surface area (Å²) >= 11 is 0. The van der Waals surface area contributed by atoms with Gasteiger partial charge in [0.2, 0.25) is 0 Å². The molecule has 200 valence electrons. The van der Waals surface area contributed by atoms with Crippen LogP contribution in [0.4, 0.5) is 0 Å². The average Bonchev–Trinajstić information content (AvgIpc) is 3.08. The van der Waals surface area contributed by atoms with Crippen LogP contribution in [0.2, 0.25) is 0 Å². The van der Waals surface area contributed by atoms with Gasteiger partial charge in [-0.25, -0.2) is 0 Å². The van der Waals surface area contributed by atoms with Gasteiger partial charge in [-0.1, -0.05) is 133 Å². The number of ether oxygens (including phenoxy) is 1. The second-order valence-corrected chi connectivity index (χ2v) is 11.3. The highest BCUT2D eigenvalue weighted by Crippen LogP contribution is 2.54. The predicted molar refractivity (Wildman–Crippen MR) is 181 cm³/mol. The topological polar surface area (TPSA) is 9.23 Å². The van der Waals surface area contributed by atoms with Crippen LogP contribution in [0.1, 0.15) is 0 Å². The van der Waals surface area contributed by atoms with E-state index in [1.54, 1.807) is 0 Å². The molecule has 0 unspecified atom stereocenters. The maximum atomic E-state index is 6.78. The average molecular weight is 547 g/mol. The third kappa shape index (κ3) is 3.72. The lowest BCUT2D eigenvalue weighted by molar-refractivity contribution is 0.487. The zero-order chi connectivity index (χ0) is 28.3. The molecule has 0 atom stereocenters. The van der Waals surface area contributed by atoms with Crippen LogP contribution in [-0.2, 0) is 0 Å². The van der Waals surface area contributed by atoms with E-state index in [1.807, 2.05) is 0 Å². The van der Waals surface area contributed by atoms with Crippen LogP contribution in [0.15, 0.2) is 158 Å². The highest BCUT2D eigenvalue weighted by atomic mass is 16.5. The van der Waals surface area contributed by atoms with Gasteiger partial charge in [0.1, 0.15) is 11.5 Å². The van der Waals surface area contributed by atoms with Gasteiger partial charge in [0.15, 0.2) is 0 Å². The first-order valence-electron chi connectivity index (χ1n) is 14.8. The van der Waals surface area contributed by atoms with Gasteiger partial charge in [0.05, 0.1) is 0 Å². The SMILES string of the molecule is c1ccc(-c2ccc3c(-c4ccccc4)c4c5c(cccc5c3c2)Oc2cc(-c3cccc5ccccc35)ccc2-4)cc1. The van der Waals surface area contributed by atoms with Crippen molar-refractivity contribution in [3.05, 3.63) is 158 Å². The second kappa shape index (κ2) is 9.44. The molecule has 0 fully saturated rings. The van der Waals surface area contributed by atoms with Crippen molar-refractivity contribution in [3.8, 4) is 56.0 Å². The summed E-state index contributed by atoms with van der Waals surface area (Å²) in [5.41, 5.74) is 9.61. The standard InChI is InChI=1S/C42H26O/c1-3-11-27(12-4-1)30-21-23-35-37(25-30)34-19-10-20-38-41(34)42(40(35)29-14-5-2-6-15-29)36-24-22-31(26-39(36)43-38)33-18-9-16-28-13-7-8-17-32(28)33/h1-26H. The number of benzene rings is 8. The molecule has 0 radical (unpaired) electrons. The van der Waals surface area contributed by atoms with Gasteiger partial charge >= 0.3 is 0 Å². The normalized spacial score (nSPS) is 11.9. The highest BCUT2D eigenvalue weighted by Gasteiger charge is 2.27. The molecule has 1 aliphatic rings. The molecule has 43 heavy (non-hydrogen) atoms. The molecule has 1 aliphatic heterocycles. The number of rotatable bonds is 3. The van der Waals surface area contributed by atoms with Gasteiger partial charge in [-0.3, -0.25) is 0 Å². The van der Waals surface area contributed by atoms with Gasteiger partial charge in [-0.05, 0) is 84.6 Å². The van der Waals surface area contributed by atoms with Gasteiger partial charge < -0.3 is 4.74 Å². The molecule has 9 rings (SSSR count). The number of hydrogen-bond donors (Lipinski definition) is 0. The molecule has 0 spiro atoms. The van der Waals surface area contributed by atoms with Crippen molar-refractivity contribution in [2.45, 2.75) is 0 Å². The van der Waals surface area contributed by atoms with Crippen LogP contribution >= 0.6 is 0 Å². The van der Waals surface area contributed by atoms with Crippen molar-refractivity contribution in [3.63, 3.8) is 0 Å². The molecule has 0 aromatic heterocycles. The van der Waals surface area contributed by atoms with Crippen LogP contribution in [0.25, 0.3) is 76.8 Å². The van der Waals surface area contributed by atoms with E-state index in [9.17, 15) is 0 Å². The molecule has 1 heterocycles. The molecule has 0 N–H and O–H groups in total. The molecule has 0 saturated heterocycles. The van der Waals surface area contributed by atoms with Gasteiger partial charge in [-0.15, -0.1) is 0 Å². The molecule has 1 nitrogen and oxygen atoms in total. The Bertz CT molecular complexity index is 2350. The van der Waals surface area contributed by atoms with Gasteiger partial charge in [-0.2, -0.15) is 0 Å². The van der Waals surface area contributed by atoms with E-state index in [4.69, 9.17) is 4.74 Å². The Kier molecular flexibility index (Phi) is 5.27. The van der Waals surface area contributed by atoms with Crippen molar-refractivity contribution < 1.29 is 4.74 Å². The van der Waals surface area contributed by atoms with Crippen molar-refractivity contribution in [2.75, 3.05) is 0 Å². The summed E-state index contributed by atoms with van der Waals surface area (Å²) in [6, 6.07) is 56.6. The van der Waals surface area contributed by atoms with Crippen LogP contribution in [0.5, 0.6) is 11.5 Å². The Morgan fingerprint density at radius 1 is 0.326 bits per heavy atom. The molecule has 0 bridgehead atoms. The molecule has 8 aromatic rings. The lowest BCUT2D eigenvalue weighted by Gasteiger charge is -2.26. The van der Waals surface area contributed by atoms with Crippen molar-refractivity contribution in [2.24, 2.45) is 0 Å². The van der Waals surface area contributed by atoms with Gasteiger partial charge in [0.25, 0.3) is 0 Å². The van der Waals surface area contributed by atoms with E-state index < -0.39 is 0 Å². The minimum absolute atomic E-state index is 0.892. The number of fused-ring (bicyclic) bond motifs is 5. The highest BCUT2D eigenvalue weighted by molar-refractivity contribution is 6.24. The van der Waals surface area contributed by atoms with Crippen molar-refractivity contribution >= 4 is 32.3 Å². The van der Waals surface area contributed by atoms with E-state index in [1.165, 1.54) is 65.7 Å². The first-order chi connectivity index (χ1) is 21.3. The monoisotopic (exact) mass is 546 g/mol. The van der Waals surface area contributed by atoms with Crippen molar-refractivity contribution in [1.82, 2.24) is 0 Å². The van der Waals surface area contributed by atoms with E-state index in [0.717, 1.165) is 22.6 Å². The Balaban J connectivity index is 1.35. The third-order valence-electron chi connectivity index (χ3n) is 8.85. The first-order valence-corrected chi connectivity index (χ1v) is 14.8. The smallest absolute Gasteiger partial charge is 0.135 e. The predicted octanol–water partition coefficient (Wildman–Crippen LogP) is 11.9. The summed E-state index contributed by atoms with van der Waals surface area (Å²) in [6.07, 6.45) is 0. The zero-order valence-corrected chi connectivity index (χ0v) is 23.4. The minimum Gasteiger partial charge on any atom is -0.456 e. The molecule has 0 amide bonds. The largest absolute Gasteiger partial charge is 0.456 e. The van der Waals surface area contributed by atoms with E-state index in [2.05, 4.69) is 158 Å². The minimum atomic E-state index is 0.892. The van der Waals surface area contributed by atoms with Crippen LogP contribution in [0, 0.1) is 0 Å². The fourth-order valence-corrected chi connectivity index (χ4v) is 6.90. The summed E-state index contributed by atoms with van der Waals surface area (Å²) in [4.78, 5) is 0. The molecule has 0 saturated carbocycles. The maximum Gasteiger partial charge on any atom is 0.135 e. The summed E-state index contributed by atoms with van der Waals surface area (Å²) < 4.78 is 6.78. The third-order valence-corrected chi connectivity index (χ3v) is 8.85. The lowest BCUT2D eigenvalue weighted by atomic mass is 9.82. The van der Waals surface area contributed by atoms with Gasteiger partial charge in [0, 0.05) is 16.5 Å². The van der Waals surface area contributed by atoms with Crippen molar-refractivity contribution in [1.29, 1.82) is 0 Å². The summed E-state index contributed by atoms with van der Waals surface area (Å²) in [5, 5.41) is 7.35. The first kappa shape index (κ1) is 24.0.